The van der Waals surface area contributed by atoms with Crippen molar-refractivity contribution < 1.29 is 4.42 Å². The van der Waals surface area contributed by atoms with E-state index in [-0.39, 0.29) is 33.9 Å². The van der Waals surface area contributed by atoms with Crippen molar-refractivity contribution in [3.05, 3.63) is 178 Å². The molecule has 0 saturated heterocycles. The number of rotatable bonds is 2. The second-order valence-electron chi connectivity index (χ2n) is 24.2. The minimum atomic E-state index is -0.116. The van der Waals surface area contributed by atoms with Crippen molar-refractivity contribution >= 4 is 73.4 Å². The fourth-order valence-electron chi connectivity index (χ4n) is 12.9. The first-order chi connectivity index (χ1) is 31.8. The molecular formula is C63H65BN2O. The third kappa shape index (κ3) is 5.96. The van der Waals surface area contributed by atoms with Gasteiger partial charge in [-0.3, -0.25) is 0 Å². The van der Waals surface area contributed by atoms with Gasteiger partial charge in [0, 0.05) is 44.4 Å². The highest BCUT2D eigenvalue weighted by Gasteiger charge is 2.62. The van der Waals surface area contributed by atoms with Gasteiger partial charge in [0.15, 0.2) is 5.58 Å². The SMILES string of the molecule is Cc1cc2c3c(c1)N1c4c(cc(C(C)(C)C)cc4C4(C)CCCCC14C)B3c1ccc3c(oc4cc(C(C)(C)C)ccc43)c1N2C1=C(c2ccccc2)C=C(C(C)(C)C)C=C2C=CC=CC=C21. The minimum Gasteiger partial charge on any atom is -0.454 e. The van der Waals surface area contributed by atoms with Crippen LogP contribution in [0.4, 0.5) is 22.7 Å². The van der Waals surface area contributed by atoms with Crippen LogP contribution in [0.1, 0.15) is 130 Å². The van der Waals surface area contributed by atoms with Crippen molar-refractivity contribution in [2.75, 3.05) is 9.80 Å². The Morgan fingerprint density at radius 1 is 0.657 bits per heavy atom. The first kappa shape index (κ1) is 42.4. The highest BCUT2D eigenvalue weighted by molar-refractivity contribution is 7.00. The monoisotopic (exact) mass is 877 g/mol. The van der Waals surface area contributed by atoms with E-state index in [4.69, 9.17) is 4.42 Å². The molecule has 6 aromatic rings. The second-order valence-corrected chi connectivity index (χ2v) is 24.2. The maximum Gasteiger partial charge on any atom is 0.252 e. The minimum absolute atomic E-state index is 0.00133. The fourth-order valence-corrected chi connectivity index (χ4v) is 12.9. The number of hydrogen-bond acceptors (Lipinski definition) is 3. The molecule has 12 rings (SSSR count). The van der Waals surface area contributed by atoms with E-state index in [2.05, 4.69) is 220 Å². The molecule has 4 heterocycles. The molecule has 0 spiro atoms. The van der Waals surface area contributed by atoms with Crippen molar-refractivity contribution in [1.82, 2.24) is 0 Å². The maximum absolute atomic E-state index is 7.48. The molecule has 3 nitrogen and oxygen atoms in total. The molecule has 2 unspecified atom stereocenters. The van der Waals surface area contributed by atoms with Crippen LogP contribution < -0.4 is 26.2 Å². The van der Waals surface area contributed by atoms with Crippen LogP contribution in [-0.4, -0.2) is 12.3 Å². The average Bonchev–Trinajstić information content (AvgIpc) is 3.53. The third-order valence-electron chi connectivity index (χ3n) is 16.9. The van der Waals surface area contributed by atoms with Gasteiger partial charge in [0.1, 0.15) is 5.58 Å². The number of aryl methyl sites for hydroxylation is 1. The lowest BCUT2D eigenvalue weighted by molar-refractivity contribution is 0.195. The van der Waals surface area contributed by atoms with E-state index in [9.17, 15) is 0 Å². The summed E-state index contributed by atoms with van der Waals surface area (Å²) in [7, 11) is 0. The normalized spacial score (nSPS) is 21.9. The average molecular weight is 877 g/mol. The Balaban J connectivity index is 1.29. The molecule has 0 N–H and O–H groups in total. The molecule has 1 fully saturated rings. The van der Waals surface area contributed by atoms with E-state index in [1.54, 1.807) is 5.56 Å². The lowest BCUT2D eigenvalue weighted by Crippen LogP contribution is -2.65. The van der Waals surface area contributed by atoms with Crippen LogP contribution in [0.3, 0.4) is 0 Å². The van der Waals surface area contributed by atoms with Gasteiger partial charge in [-0.25, -0.2) is 0 Å². The van der Waals surface area contributed by atoms with Gasteiger partial charge in [0.05, 0.1) is 16.9 Å². The molecule has 1 saturated carbocycles. The van der Waals surface area contributed by atoms with Gasteiger partial charge in [0.2, 0.25) is 0 Å². The van der Waals surface area contributed by atoms with Gasteiger partial charge in [-0.2, -0.15) is 0 Å². The van der Waals surface area contributed by atoms with Gasteiger partial charge < -0.3 is 14.2 Å². The Hall–Kier alpha value is -6.00. The molecule has 336 valence electrons. The molecule has 0 radical (unpaired) electrons. The quantitative estimate of drug-likeness (QED) is 0.162. The van der Waals surface area contributed by atoms with E-state index in [0.717, 1.165) is 34.0 Å². The predicted molar refractivity (Wildman–Crippen MR) is 287 cm³/mol. The van der Waals surface area contributed by atoms with Gasteiger partial charge >= 0.3 is 0 Å². The summed E-state index contributed by atoms with van der Waals surface area (Å²) < 4.78 is 7.48. The Morgan fingerprint density at radius 2 is 1.39 bits per heavy atom. The van der Waals surface area contributed by atoms with E-state index in [0.29, 0.717) is 0 Å². The van der Waals surface area contributed by atoms with Crippen molar-refractivity contribution in [2.45, 2.75) is 131 Å². The van der Waals surface area contributed by atoms with Gasteiger partial charge in [-0.15, -0.1) is 0 Å². The number of nitrogens with zero attached hydrogens (tertiary/aromatic N) is 2. The molecule has 2 atom stereocenters. The summed E-state index contributed by atoms with van der Waals surface area (Å²) in [6.45, 7) is 28.7. The summed E-state index contributed by atoms with van der Waals surface area (Å²) in [6, 6.07) is 33.2. The summed E-state index contributed by atoms with van der Waals surface area (Å²) in [6.07, 6.45) is 21.1. The molecule has 3 aliphatic heterocycles. The van der Waals surface area contributed by atoms with Crippen LogP contribution in [0.5, 0.6) is 0 Å². The van der Waals surface area contributed by atoms with E-state index >= 15 is 0 Å². The maximum atomic E-state index is 7.48. The summed E-state index contributed by atoms with van der Waals surface area (Å²) >= 11 is 0. The molecule has 5 aromatic carbocycles. The zero-order valence-corrected chi connectivity index (χ0v) is 41.8. The molecule has 3 aliphatic carbocycles. The van der Waals surface area contributed by atoms with Crippen molar-refractivity contribution in [3.8, 4) is 0 Å². The summed E-state index contributed by atoms with van der Waals surface area (Å²) in [5, 5.41) is 2.31. The van der Waals surface area contributed by atoms with Crippen LogP contribution in [0.15, 0.2) is 154 Å². The third-order valence-corrected chi connectivity index (χ3v) is 16.9. The van der Waals surface area contributed by atoms with Crippen LogP contribution in [0.2, 0.25) is 0 Å². The van der Waals surface area contributed by atoms with Crippen LogP contribution in [0.25, 0.3) is 27.5 Å². The van der Waals surface area contributed by atoms with E-state index < -0.39 is 0 Å². The zero-order chi connectivity index (χ0) is 46.7. The smallest absolute Gasteiger partial charge is 0.252 e. The van der Waals surface area contributed by atoms with Crippen molar-refractivity contribution in [1.29, 1.82) is 0 Å². The number of allylic oxidation sites excluding steroid dienone is 10. The Bertz CT molecular complexity index is 3340. The number of benzene rings is 5. The Morgan fingerprint density at radius 3 is 2.13 bits per heavy atom. The standard InChI is InChI=1S/C63H65BN2O/c1-38-31-51-54-52(32-38)66-56-48(62(11)29-19-20-30-63(62,66)12)35-43(61(8,9)10)36-50(56)64(54)49-28-27-46-45-26-25-41(59(2,3)4)37-53(45)67-58(46)57(49)65(51)55-44-24-18-14-17-23-40(44)33-42(60(5,6)7)34-47(55)39-21-15-13-16-22-39/h13-18,21-28,31-37H,19-20,29-30H2,1-12H3. The Labute approximate surface area is 399 Å². The topological polar surface area (TPSA) is 19.6 Å². The van der Waals surface area contributed by atoms with Crippen LogP contribution in [0, 0.1) is 12.3 Å². The highest BCUT2D eigenvalue weighted by Crippen LogP contribution is 2.62. The molecule has 6 aliphatic rings. The van der Waals surface area contributed by atoms with Crippen molar-refractivity contribution in [3.63, 3.8) is 0 Å². The lowest BCUT2D eigenvalue weighted by atomic mass is 9.33. The molecule has 67 heavy (non-hydrogen) atoms. The number of furan rings is 1. The highest BCUT2D eigenvalue weighted by atomic mass is 16.3. The zero-order valence-electron chi connectivity index (χ0n) is 41.8. The second kappa shape index (κ2) is 14.0. The largest absolute Gasteiger partial charge is 0.454 e. The van der Waals surface area contributed by atoms with Gasteiger partial charge in [0.25, 0.3) is 6.71 Å². The summed E-state index contributed by atoms with van der Waals surface area (Å²) in [4.78, 5) is 5.56. The number of fused-ring (bicyclic) bond motifs is 12. The fraction of sp³-hybridized carbons (Fsp3) is 0.333. The first-order valence-electron chi connectivity index (χ1n) is 25.0. The predicted octanol–water partition coefficient (Wildman–Crippen LogP) is 14.9. The summed E-state index contributed by atoms with van der Waals surface area (Å²) in [5.41, 5.74) is 23.8. The summed E-state index contributed by atoms with van der Waals surface area (Å²) in [5.74, 6) is 0. The lowest BCUT2D eigenvalue weighted by Gasteiger charge is -2.53. The van der Waals surface area contributed by atoms with Crippen LogP contribution >= 0.6 is 0 Å². The van der Waals surface area contributed by atoms with E-state index in [1.165, 1.54) is 103 Å². The first-order valence-corrected chi connectivity index (χ1v) is 25.0. The molecule has 0 bridgehead atoms. The molecule has 0 amide bonds. The van der Waals surface area contributed by atoms with Gasteiger partial charge in [-0.05, 0) is 123 Å². The molecule has 1 aromatic heterocycles. The van der Waals surface area contributed by atoms with Crippen LogP contribution in [-0.2, 0) is 16.2 Å². The van der Waals surface area contributed by atoms with Gasteiger partial charge in [-0.1, -0.05) is 185 Å². The van der Waals surface area contributed by atoms with E-state index in [1.807, 2.05) is 0 Å². The van der Waals surface area contributed by atoms with Crippen molar-refractivity contribution in [2.24, 2.45) is 5.41 Å². The Kier molecular flexibility index (Phi) is 8.87. The molecular weight excluding hydrogens is 812 g/mol. The number of hydrogen-bond donors (Lipinski definition) is 0. The molecule has 4 heteroatoms. The number of anilines is 4.